The molecule has 0 bridgehead atoms. The summed E-state index contributed by atoms with van der Waals surface area (Å²) >= 11 is 1.27. The van der Waals surface area contributed by atoms with E-state index in [0.29, 0.717) is 5.69 Å². The number of hydrogen-bond donors (Lipinski definition) is 0. The van der Waals surface area contributed by atoms with Gasteiger partial charge in [-0.05, 0) is 17.6 Å². The van der Waals surface area contributed by atoms with Crippen molar-refractivity contribution in [2.24, 2.45) is 0 Å². The fourth-order valence-corrected chi connectivity index (χ4v) is 1.09. The molecule has 0 aliphatic heterocycles. The molecule has 1 rings (SSSR count). The van der Waals surface area contributed by atoms with Crippen LogP contribution in [0, 0.1) is 0 Å². The van der Waals surface area contributed by atoms with Crippen LogP contribution in [0.25, 0.3) is 0 Å². The van der Waals surface area contributed by atoms with E-state index < -0.39 is 0 Å². The van der Waals surface area contributed by atoms with E-state index in [9.17, 15) is 4.79 Å². The quantitative estimate of drug-likeness (QED) is 0.614. The van der Waals surface area contributed by atoms with Crippen molar-refractivity contribution >= 4 is 17.3 Å². The molecule has 0 unspecified atom stereocenters. The van der Waals surface area contributed by atoms with Gasteiger partial charge >= 0.3 is 0 Å². The molecule has 0 amide bonds. The fourth-order valence-electron chi connectivity index (χ4n) is 0.561. The molecule has 54 valence electrons. The summed E-state index contributed by atoms with van der Waals surface area (Å²) in [7, 11) is 1.49. The van der Waals surface area contributed by atoms with Gasteiger partial charge in [0, 0.05) is 12.5 Å². The topological polar surface area (TPSA) is 39.2 Å². The highest BCUT2D eigenvalue weighted by molar-refractivity contribution is 7.03. The van der Waals surface area contributed by atoms with Gasteiger partial charge in [0.05, 0.1) is 0 Å². The van der Waals surface area contributed by atoms with Crippen LogP contribution in [0.3, 0.4) is 0 Å². The number of aromatic nitrogens is 1. The van der Waals surface area contributed by atoms with Gasteiger partial charge in [0.1, 0.15) is 12.3 Å². The van der Waals surface area contributed by atoms with E-state index in [0.717, 1.165) is 0 Å². The van der Waals surface area contributed by atoms with Crippen LogP contribution in [-0.4, -0.2) is 23.9 Å². The Kier molecular flexibility index (Phi) is 2.53. The van der Waals surface area contributed by atoms with Crippen LogP contribution >= 0.6 is 11.5 Å². The first-order valence-corrected chi connectivity index (χ1v) is 3.61. The lowest BCUT2D eigenvalue weighted by atomic mass is 10.3. The number of methoxy groups -OCH3 is 1. The van der Waals surface area contributed by atoms with Gasteiger partial charge in [-0.2, -0.15) is 4.37 Å². The van der Waals surface area contributed by atoms with Crippen LogP contribution in [0.5, 0.6) is 0 Å². The van der Waals surface area contributed by atoms with Crippen molar-refractivity contribution in [3.8, 4) is 0 Å². The molecule has 0 aromatic carbocycles. The second-order valence-corrected chi connectivity index (χ2v) is 2.41. The Morgan fingerprint density at radius 1 is 1.90 bits per heavy atom. The summed E-state index contributed by atoms with van der Waals surface area (Å²) in [6.07, 6.45) is 0. The predicted octanol–water partition coefficient (Wildman–Crippen LogP) is 0.972. The molecule has 0 N–H and O–H groups in total. The van der Waals surface area contributed by atoms with Gasteiger partial charge in [-0.1, -0.05) is 0 Å². The number of Topliss-reactive ketones (excluding diaryl/α,β-unsaturated/α-hetero) is 1. The van der Waals surface area contributed by atoms with Gasteiger partial charge in [0.2, 0.25) is 5.78 Å². The summed E-state index contributed by atoms with van der Waals surface area (Å²) < 4.78 is 8.49. The molecule has 4 heteroatoms. The third-order valence-electron chi connectivity index (χ3n) is 0.999. The van der Waals surface area contributed by atoms with Crippen molar-refractivity contribution in [2.45, 2.75) is 0 Å². The highest BCUT2D eigenvalue weighted by Gasteiger charge is 2.05. The smallest absolute Gasteiger partial charge is 0.207 e. The number of hydrogen-bond acceptors (Lipinski definition) is 4. The van der Waals surface area contributed by atoms with E-state index >= 15 is 0 Å². The molecule has 1 aromatic heterocycles. The van der Waals surface area contributed by atoms with Gasteiger partial charge in [-0.3, -0.25) is 4.79 Å². The number of rotatable bonds is 3. The van der Waals surface area contributed by atoms with E-state index in [4.69, 9.17) is 0 Å². The maximum Gasteiger partial charge on any atom is 0.207 e. The van der Waals surface area contributed by atoms with Gasteiger partial charge in [-0.15, -0.1) is 0 Å². The van der Waals surface area contributed by atoms with E-state index in [1.807, 2.05) is 0 Å². The Labute approximate surface area is 62.8 Å². The number of nitrogens with zero attached hydrogens (tertiary/aromatic N) is 1. The van der Waals surface area contributed by atoms with Gasteiger partial charge in [-0.25, -0.2) is 0 Å². The minimum Gasteiger partial charge on any atom is -0.376 e. The minimum atomic E-state index is -0.0660. The standard InChI is InChI=1S/C6H7NO2S/c1-9-4-6(8)5-2-3-10-7-5/h2-3H,4H2,1H3. The molecule has 0 saturated carbocycles. The highest BCUT2D eigenvalue weighted by Crippen LogP contribution is 2.00. The normalized spacial score (nSPS) is 9.70. The monoisotopic (exact) mass is 157 g/mol. The predicted molar refractivity (Wildman–Crippen MR) is 38.3 cm³/mol. The lowest BCUT2D eigenvalue weighted by Crippen LogP contribution is -2.06. The molecule has 0 aliphatic rings. The molecule has 1 aromatic rings. The molecule has 0 saturated heterocycles. The van der Waals surface area contributed by atoms with Gasteiger partial charge in [0.25, 0.3) is 0 Å². The van der Waals surface area contributed by atoms with Crippen LogP contribution in [0.4, 0.5) is 0 Å². The molecule has 3 nitrogen and oxygen atoms in total. The van der Waals surface area contributed by atoms with E-state index in [-0.39, 0.29) is 12.4 Å². The molecular weight excluding hydrogens is 150 g/mol. The van der Waals surface area contributed by atoms with Crippen LogP contribution in [0.1, 0.15) is 10.5 Å². The van der Waals surface area contributed by atoms with E-state index in [2.05, 4.69) is 9.11 Å². The van der Waals surface area contributed by atoms with Crippen molar-refractivity contribution in [1.29, 1.82) is 0 Å². The molecule has 0 fully saturated rings. The molecule has 10 heavy (non-hydrogen) atoms. The average molecular weight is 157 g/mol. The summed E-state index contributed by atoms with van der Waals surface area (Å²) in [4.78, 5) is 10.9. The second kappa shape index (κ2) is 3.43. The van der Waals surface area contributed by atoms with E-state index in [1.165, 1.54) is 18.6 Å². The first-order chi connectivity index (χ1) is 4.84. The molecule has 0 atom stereocenters. The zero-order valence-electron chi connectivity index (χ0n) is 5.53. The first kappa shape index (κ1) is 7.37. The zero-order chi connectivity index (χ0) is 7.40. The maximum absolute atomic E-state index is 10.9. The Hall–Kier alpha value is -0.740. The average Bonchev–Trinajstić information content (AvgIpc) is 2.38. The molecule has 0 aliphatic carbocycles. The Morgan fingerprint density at radius 3 is 3.20 bits per heavy atom. The number of ketones is 1. The van der Waals surface area contributed by atoms with Crippen LogP contribution in [0.2, 0.25) is 0 Å². The molecule has 0 spiro atoms. The number of carbonyl (C=O) groups is 1. The Bertz CT molecular complexity index is 208. The van der Waals surface area contributed by atoms with Crippen molar-refractivity contribution in [3.05, 3.63) is 17.1 Å². The van der Waals surface area contributed by atoms with Crippen LogP contribution in [-0.2, 0) is 4.74 Å². The number of ether oxygens (including phenoxy) is 1. The van der Waals surface area contributed by atoms with Gasteiger partial charge < -0.3 is 4.74 Å². The zero-order valence-corrected chi connectivity index (χ0v) is 6.35. The van der Waals surface area contributed by atoms with Crippen molar-refractivity contribution < 1.29 is 9.53 Å². The Morgan fingerprint density at radius 2 is 2.70 bits per heavy atom. The van der Waals surface area contributed by atoms with Gasteiger partial charge in [0.15, 0.2) is 0 Å². The summed E-state index contributed by atoms with van der Waals surface area (Å²) in [6.45, 7) is 0.115. The van der Waals surface area contributed by atoms with E-state index in [1.54, 1.807) is 11.4 Å². The maximum atomic E-state index is 10.9. The molecule has 0 radical (unpaired) electrons. The summed E-state index contributed by atoms with van der Waals surface area (Å²) in [5, 5.41) is 1.77. The van der Waals surface area contributed by atoms with Crippen LogP contribution in [0.15, 0.2) is 11.4 Å². The summed E-state index contributed by atoms with van der Waals surface area (Å²) in [5.74, 6) is -0.0660. The largest absolute Gasteiger partial charge is 0.376 e. The Balaban J connectivity index is 2.59. The minimum absolute atomic E-state index is 0.0660. The summed E-state index contributed by atoms with van der Waals surface area (Å²) in [6, 6.07) is 1.69. The lowest BCUT2D eigenvalue weighted by Gasteiger charge is -1.91. The molecule has 1 heterocycles. The third kappa shape index (κ3) is 1.62. The van der Waals surface area contributed by atoms with Crippen molar-refractivity contribution in [3.63, 3.8) is 0 Å². The van der Waals surface area contributed by atoms with Crippen molar-refractivity contribution in [2.75, 3.05) is 13.7 Å². The SMILES string of the molecule is COCC(=O)c1ccsn1. The lowest BCUT2D eigenvalue weighted by molar-refractivity contribution is 0.0844. The second-order valence-electron chi connectivity index (χ2n) is 1.74. The molecular formula is C6H7NO2S. The summed E-state index contributed by atoms with van der Waals surface area (Å²) in [5.41, 5.74) is 0.492. The van der Waals surface area contributed by atoms with Crippen LogP contribution < -0.4 is 0 Å². The number of carbonyl (C=O) groups excluding carboxylic acids is 1. The third-order valence-corrected chi connectivity index (χ3v) is 1.56. The van der Waals surface area contributed by atoms with Crippen molar-refractivity contribution in [1.82, 2.24) is 4.37 Å². The highest BCUT2D eigenvalue weighted by atomic mass is 32.1. The first-order valence-electron chi connectivity index (χ1n) is 2.77. The fraction of sp³-hybridized carbons (Fsp3) is 0.333.